The molecule has 3 nitrogen and oxygen atoms in total. The Morgan fingerprint density at radius 1 is 1.64 bits per heavy atom. The zero-order valence-electron chi connectivity index (χ0n) is 8.58. The van der Waals surface area contributed by atoms with Crippen LogP contribution in [0.4, 0.5) is 0 Å². The van der Waals surface area contributed by atoms with Crippen molar-refractivity contribution in [2.45, 2.75) is 19.4 Å². The van der Waals surface area contributed by atoms with Gasteiger partial charge >= 0.3 is 0 Å². The lowest BCUT2D eigenvalue weighted by molar-refractivity contribution is 0.0627. The van der Waals surface area contributed by atoms with Gasteiger partial charge in [0.2, 0.25) is 0 Å². The summed E-state index contributed by atoms with van der Waals surface area (Å²) in [6.07, 6.45) is 1.48. The number of alkyl halides is 1. The fourth-order valence-corrected chi connectivity index (χ4v) is 1.11. The molecule has 0 aromatic carbocycles. The summed E-state index contributed by atoms with van der Waals surface area (Å²) in [6, 6.07) is 3.33. The molecule has 1 aromatic rings. The molecular weight excluding hydrogens is 202 g/mol. The summed E-state index contributed by atoms with van der Waals surface area (Å²) >= 11 is 5.77. The first-order chi connectivity index (χ1) is 6.49. The predicted octanol–water partition coefficient (Wildman–Crippen LogP) is 2.37. The highest BCUT2D eigenvalue weighted by molar-refractivity contribution is 6.18. The zero-order chi connectivity index (χ0) is 10.8. The Hall–Kier alpha value is -0.960. The lowest BCUT2D eigenvalue weighted by Crippen LogP contribution is -2.46. The van der Waals surface area contributed by atoms with Crippen LogP contribution in [0, 0.1) is 0 Å². The van der Waals surface area contributed by atoms with E-state index < -0.39 is 0 Å². The van der Waals surface area contributed by atoms with Gasteiger partial charge in [-0.15, -0.1) is 11.6 Å². The molecule has 0 aliphatic heterocycles. The molecule has 0 bridgehead atoms. The van der Waals surface area contributed by atoms with E-state index in [1.165, 1.54) is 6.26 Å². The van der Waals surface area contributed by atoms with Crippen molar-refractivity contribution in [2.24, 2.45) is 0 Å². The highest BCUT2D eigenvalue weighted by Gasteiger charge is 2.28. The van der Waals surface area contributed by atoms with Crippen LogP contribution in [0.15, 0.2) is 22.8 Å². The van der Waals surface area contributed by atoms with Gasteiger partial charge in [-0.3, -0.25) is 4.79 Å². The molecule has 78 valence electrons. The molecule has 0 radical (unpaired) electrons. The van der Waals surface area contributed by atoms with Crippen molar-refractivity contribution in [2.75, 3.05) is 12.9 Å². The van der Waals surface area contributed by atoms with Gasteiger partial charge in [-0.25, -0.2) is 0 Å². The Morgan fingerprint density at radius 2 is 2.29 bits per heavy atom. The molecule has 1 rings (SSSR count). The smallest absolute Gasteiger partial charge is 0.289 e. The van der Waals surface area contributed by atoms with Gasteiger partial charge < -0.3 is 9.32 Å². The number of amides is 1. The van der Waals surface area contributed by atoms with Crippen LogP contribution < -0.4 is 0 Å². The second-order valence-electron chi connectivity index (χ2n) is 3.79. The average Bonchev–Trinajstić information content (AvgIpc) is 2.68. The third-order valence-electron chi connectivity index (χ3n) is 2.27. The number of halogens is 1. The van der Waals surface area contributed by atoms with Gasteiger partial charge in [-0.05, 0) is 26.0 Å². The van der Waals surface area contributed by atoms with E-state index in [1.807, 2.05) is 13.8 Å². The fourth-order valence-electron chi connectivity index (χ4n) is 0.930. The van der Waals surface area contributed by atoms with Crippen molar-refractivity contribution in [1.82, 2.24) is 4.90 Å². The lowest BCUT2D eigenvalue weighted by Gasteiger charge is -2.33. The summed E-state index contributed by atoms with van der Waals surface area (Å²) in [5.41, 5.74) is -0.370. The third kappa shape index (κ3) is 2.10. The van der Waals surface area contributed by atoms with Gasteiger partial charge in [0, 0.05) is 12.9 Å². The van der Waals surface area contributed by atoms with Gasteiger partial charge in [0.1, 0.15) is 0 Å². The molecular formula is C10H14ClNO2. The molecule has 0 aliphatic carbocycles. The van der Waals surface area contributed by atoms with Crippen molar-refractivity contribution < 1.29 is 9.21 Å². The van der Waals surface area contributed by atoms with Crippen LogP contribution in [0.5, 0.6) is 0 Å². The monoisotopic (exact) mass is 215 g/mol. The molecule has 1 amide bonds. The van der Waals surface area contributed by atoms with E-state index in [9.17, 15) is 4.79 Å². The van der Waals surface area contributed by atoms with E-state index in [-0.39, 0.29) is 11.4 Å². The van der Waals surface area contributed by atoms with Gasteiger partial charge in [0.15, 0.2) is 5.76 Å². The van der Waals surface area contributed by atoms with Crippen LogP contribution in [-0.2, 0) is 0 Å². The molecule has 0 saturated carbocycles. The van der Waals surface area contributed by atoms with Crippen molar-refractivity contribution in [3.05, 3.63) is 24.2 Å². The number of hydrogen-bond donors (Lipinski definition) is 0. The first-order valence-electron chi connectivity index (χ1n) is 4.36. The molecule has 0 unspecified atom stereocenters. The highest BCUT2D eigenvalue weighted by atomic mass is 35.5. The SMILES string of the molecule is CN(C(=O)c1ccco1)C(C)(C)CCl. The minimum absolute atomic E-state index is 0.152. The standard InChI is InChI=1S/C10H14ClNO2/c1-10(2,7-11)12(3)9(13)8-5-4-6-14-8/h4-6H,7H2,1-3H3. The number of nitrogens with zero attached hydrogens (tertiary/aromatic N) is 1. The first-order valence-corrected chi connectivity index (χ1v) is 4.90. The Bertz CT molecular complexity index is 306. The number of hydrogen-bond acceptors (Lipinski definition) is 2. The zero-order valence-corrected chi connectivity index (χ0v) is 9.34. The summed E-state index contributed by atoms with van der Waals surface area (Å²) in [7, 11) is 1.72. The van der Waals surface area contributed by atoms with E-state index in [0.29, 0.717) is 11.6 Å². The molecule has 0 aliphatic rings. The molecule has 14 heavy (non-hydrogen) atoms. The van der Waals surface area contributed by atoms with Crippen LogP contribution in [0.2, 0.25) is 0 Å². The molecule has 0 N–H and O–H groups in total. The third-order valence-corrected chi connectivity index (χ3v) is 2.93. The molecule has 1 heterocycles. The Balaban J connectivity index is 2.81. The van der Waals surface area contributed by atoms with E-state index in [4.69, 9.17) is 16.0 Å². The van der Waals surface area contributed by atoms with Crippen LogP contribution in [0.3, 0.4) is 0 Å². The van der Waals surface area contributed by atoms with Crippen LogP contribution >= 0.6 is 11.6 Å². The average molecular weight is 216 g/mol. The van der Waals surface area contributed by atoms with E-state index in [0.717, 1.165) is 0 Å². The normalized spacial score (nSPS) is 11.4. The number of rotatable bonds is 3. The highest BCUT2D eigenvalue weighted by Crippen LogP contribution is 2.17. The summed E-state index contributed by atoms with van der Waals surface area (Å²) in [4.78, 5) is 13.4. The maximum absolute atomic E-state index is 11.8. The van der Waals surface area contributed by atoms with Crippen LogP contribution in [0.1, 0.15) is 24.4 Å². The van der Waals surface area contributed by atoms with Gasteiger partial charge in [0.05, 0.1) is 11.8 Å². The quantitative estimate of drug-likeness (QED) is 0.726. The number of furan rings is 1. The van der Waals surface area contributed by atoms with Gasteiger partial charge in [-0.1, -0.05) is 0 Å². The maximum Gasteiger partial charge on any atom is 0.289 e. The minimum Gasteiger partial charge on any atom is -0.459 e. The van der Waals surface area contributed by atoms with E-state index in [2.05, 4.69) is 0 Å². The van der Waals surface area contributed by atoms with Crippen molar-refractivity contribution in [1.29, 1.82) is 0 Å². The number of carbonyl (C=O) groups excluding carboxylic acids is 1. The Morgan fingerprint density at radius 3 is 2.71 bits per heavy atom. The van der Waals surface area contributed by atoms with Gasteiger partial charge in [0.25, 0.3) is 5.91 Å². The van der Waals surface area contributed by atoms with Crippen molar-refractivity contribution in [3.8, 4) is 0 Å². The Labute approximate surface area is 88.6 Å². The summed E-state index contributed by atoms with van der Waals surface area (Å²) in [5, 5.41) is 0. The maximum atomic E-state index is 11.8. The van der Waals surface area contributed by atoms with Crippen LogP contribution in [-0.4, -0.2) is 29.3 Å². The van der Waals surface area contributed by atoms with Gasteiger partial charge in [-0.2, -0.15) is 0 Å². The fraction of sp³-hybridized carbons (Fsp3) is 0.500. The molecule has 0 fully saturated rings. The molecule has 0 saturated heterocycles. The molecule has 4 heteroatoms. The molecule has 0 spiro atoms. The summed E-state index contributed by atoms with van der Waals surface area (Å²) in [6.45, 7) is 3.81. The Kier molecular flexibility index (Phi) is 3.21. The first kappa shape index (κ1) is 11.1. The second kappa shape index (κ2) is 4.05. The van der Waals surface area contributed by atoms with E-state index in [1.54, 1.807) is 24.1 Å². The summed E-state index contributed by atoms with van der Waals surface area (Å²) in [5.74, 6) is 0.571. The van der Waals surface area contributed by atoms with Crippen molar-refractivity contribution >= 4 is 17.5 Å². The number of carbonyl (C=O) groups is 1. The van der Waals surface area contributed by atoms with E-state index >= 15 is 0 Å². The predicted molar refractivity (Wildman–Crippen MR) is 55.6 cm³/mol. The second-order valence-corrected chi connectivity index (χ2v) is 4.05. The van der Waals surface area contributed by atoms with Crippen molar-refractivity contribution in [3.63, 3.8) is 0 Å². The summed E-state index contributed by atoms with van der Waals surface area (Å²) < 4.78 is 5.02. The molecule has 0 atom stereocenters. The largest absolute Gasteiger partial charge is 0.459 e. The topological polar surface area (TPSA) is 33.5 Å². The lowest BCUT2D eigenvalue weighted by atomic mass is 10.1. The molecule has 1 aromatic heterocycles. The minimum atomic E-state index is -0.370. The van der Waals surface area contributed by atoms with Crippen LogP contribution in [0.25, 0.3) is 0 Å².